The van der Waals surface area contributed by atoms with E-state index in [0.717, 1.165) is 11.1 Å². The average Bonchev–Trinajstić information content (AvgIpc) is 3.14. The minimum Gasteiger partial charge on any atom is -0.488 e. The summed E-state index contributed by atoms with van der Waals surface area (Å²) in [5, 5.41) is 6.29. The van der Waals surface area contributed by atoms with Gasteiger partial charge in [-0.25, -0.2) is 9.37 Å². The maximum Gasteiger partial charge on any atom is 0.168 e. The van der Waals surface area contributed by atoms with E-state index in [2.05, 4.69) is 10.1 Å². The van der Waals surface area contributed by atoms with Crippen molar-refractivity contribution in [2.24, 2.45) is 5.10 Å². The van der Waals surface area contributed by atoms with Crippen LogP contribution < -0.4 is 4.74 Å². The van der Waals surface area contributed by atoms with Crippen molar-refractivity contribution in [3.63, 3.8) is 0 Å². The molecule has 128 valence electrons. The molecule has 0 radical (unpaired) electrons. The summed E-state index contributed by atoms with van der Waals surface area (Å²) in [4.78, 5) is 4.09. The molecule has 3 rings (SSSR count). The van der Waals surface area contributed by atoms with Crippen molar-refractivity contribution in [1.82, 2.24) is 14.6 Å². The van der Waals surface area contributed by atoms with Crippen molar-refractivity contribution in [2.45, 2.75) is 6.61 Å². The van der Waals surface area contributed by atoms with Crippen LogP contribution in [0.1, 0.15) is 11.1 Å². The highest BCUT2D eigenvalue weighted by atomic mass is 19.1. The maximum absolute atomic E-state index is 13.0. The molecule has 0 bridgehead atoms. The first-order valence-corrected chi connectivity index (χ1v) is 7.84. The second-order valence-electron chi connectivity index (χ2n) is 5.65. The van der Waals surface area contributed by atoms with Gasteiger partial charge in [-0.2, -0.15) is 5.10 Å². The Kier molecular flexibility index (Phi) is 5.09. The molecule has 0 aliphatic carbocycles. The highest BCUT2D eigenvalue weighted by Crippen LogP contribution is 2.21. The molecule has 0 aliphatic rings. The Morgan fingerprint density at radius 2 is 1.92 bits per heavy atom. The first kappa shape index (κ1) is 16.7. The Bertz CT molecular complexity index is 842. The van der Waals surface area contributed by atoms with Gasteiger partial charge in [-0.1, -0.05) is 24.3 Å². The SMILES string of the molecule is CN(C)N=C(c1ccccc1OCc1ccc(F)cc1)n1ccnc1. The summed E-state index contributed by atoms with van der Waals surface area (Å²) >= 11 is 0. The van der Waals surface area contributed by atoms with Gasteiger partial charge in [0.1, 0.15) is 24.5 Å². The van der Waals surface area contributed by atoms with Crippen LogP contribution in [0.5, 0.6) is 5.75 Å². The number of halogens is 1. The topological polar surface area (TPSA) is 42.6 Å². The zero-order valence-corrected chi connectivity index (χ0v) is 14.1. The Labute approximate surface area is 146 Å². The normalized spacial score (nSPS) is 11.4. The van der Waals surface area contributed by atoms with Gasteiger partial charge in [-0.3, -0.25) is 4.57 Å². The predicted octanol–water partition coefficient (Wildman–Crippen LogP) is 3.37. The Morgan fingerprint density at radius 3 is 2.60 bits per heavy atom. The third kappa shape index (κ3) is 4.23. The molecule has 1 aromatic heterocycles. The van der Waals surface area contributed by atoms with E-state index in [9.17, 15) is 4.39 Å². The highest BCUT2D eigenvalue weighted by molar-refractivity contribution is 6.02. The number of hydrogen-bond acceptors (Lipinski definition) is 4. The van der Waals surface area contributed by atoms with E-state index in [4.69, 9.17) is 4.74 Å². The molecule has 0 aliphatic heterocycles. The van der Waals surface area contributed by atoms with Crippen LogP contribution in [-0.4, -0.2) is 34.5 Å². The first-order chi connectivity index (χ1) is 12.1. The van der Waals surface area contributed by atoms with Crippen LogP contribution in [0.25, 0.3) is 0 Å². The summed E-state index contributed by atoms with van der Waals surface area (Å²) in [6.07, 6.45) is 5.23. The average molecular weight is 338 g/mol. The fraction of sp³-hybridized carbons (Fsp3) is 0.158. The van der Waals surface area contributed by atoms with Gasteiger partial charge in [0.05, 0.1) is 5.56 Å². The summed E-state index contributed by atoms with van der Waals surface area (Å²) in [6.45, 7) is 0.344. The zero-order chi connectivity index (χ0) is 17.6. The number of hydrogen-bond donors (Lipinski definition) is 0. The van der Waals surface area contributed by atoms with Crippen LogP contribution in [-0.2, 0) is 6.61 Å². The van der Waals surface area contributed by atoms with Crippen molar-refractivity contribution >= 4 is 5.84 Å². The van der Waals surface area contributed by atoms with E-state index in [1.807, 2.05) is 49.1 Å². The summed E-state index contributed by atoms with van der Waals surface area (Å²) in [5.74, 6) is 1.14. The molecule has 0 fully saturated rings. The predicted molar refractivity (Wildman–Crippen MR) is 95.0 cm³/mol. The van der Waals surface area contributed by atoms with Crippen LogP contribution >= 0.6 is 0 Å². The minimum atomic E-state index is -0.260. The van der Waals surface area contributed by atoms with Crippen LogP contribution in [0.4, 0.5) is 4.39 Å². The summed E-state index contributed by atoms with van der Waals surface area (Å²) in [7, 11) is 3.72. The van der Waals surface area contributed by atoms with E-state index in [1.54, 1.807) is 29.7 Å². The molecule has 25 heavy (non-hydrogen) atoms. The largest absolute Gasteiger partial charge is 0.488 e. The molecule has 0 saturated carbocycles. The summed E-state index contributed by atoms with van der Waals surface area (Å²) in [6, 6.07) is 13.9. The number of hydrazone groups is 1. The third-order valence-corrected chi connectivity index (χ3v) is 3.48. The molecule has 0 amide bonds. The lowest BCUT2D eigenvalue weighted by Crippen LogP contribution is -2.18. The van der Waals surface area contributed by atoms with Gasteiger partial charge >= 0.3 is 0 Å². The Balaban J connectivity index is 1.90. The molecule has 1 heterocycles. The summed E-state index contributed by atoms with van der Waals surface area (Å²) < 4.78 is 20.8. The molecular weight excluding hydrogens is 319 g/mol. The number of benzene rings is 2. The van der Waals surface area contributed by atoms with Crippen molar-refractivity contribution in [2.75, 3.05) is 14.1 Å². The molecule has 0 N–H and O–H groups in total. The fourth-order valence-corrected chi connectivity index (χ4v) is 2.34. The zero-order valence-electron chi connectivity index (χ0n) is 14.1. The second-order valence-corrected chi connectivity index (χ2v) is 5.65. The number of para-hydroxylation sites is 1. The molecule has 0 atom stereocenters. The van der Waals surface area contributed by atoms with Crippen LogP contribution in [0.3, 0.4) is 0 Å². The molecule has 3 aromatic rings. The van der Waals surface area contributed by atoms with E-state index >= 15 is 0 Å². The Hall–Kier alpha value is -3.15. The van der Waals surface area contributed by atoms with Gasteiger partial charge in [-0.05, 0) is 29.8 Å². The maximum atomic E-state index is 13.0. The van der Waals surface area contributed by atoms with Crippen molar-refractivity contribution in [3.8, 4) is 5.75 Å². The minimum absolute atomic E-state index is 0.260. The van der Waals surface area contributed by atoms with Crippen molar-refractivity contribution in [1.29, 1.82) is 0 Å². The van der Waals surface area contributed by atoms with E-state index in [-0.39, 0.29) is 5.82 Å². The van der Waals surface area contributed by atoms with E-state index in [0.29, 0.717) is 18.2 Å². The standard InChI is InChI=1S/C19H19FN4O/c1-23(2)22-19(24-12-11-21-14-24)17-5-3-4-6-18(17)25-13-15-7-9-16(20)10-8-15/h3-12,14H,13H2,1-2H3. The van der Waals surface area contributed by atoms with Gasteiger partial charge < -0.3 is 9.75 Å². The lowest BCUT2D eigenvalue weighted by atomic mass is 10.1. The number of aromatic nitrogens is 2. The number of imidazole rings is 1. The number of ether oxygens (including phenoxy) is 1. The molecule has 0 saturated heterocycles. The molecular formula is C19H19FN4O. The van der Waals surface area contributed by atoms with E-state index in [1.165, 1.54) is 12.1 Å². The molecule has 6 heteroatoms. The van der Waals surface area contributed by atoms with Gasteiger partial charge in [0, 0.05) is 26.5 Å². The second kappa shape index (κ2) is 7.61. The first-order valence-electron chi connectivity index (χ1n) is 7.84. The molecule has 0 spiro atoms. The van der Waals surface area contributed by atoms with Crippen molar-refractivity contribution in [3.05, 3.63) is 84.2 Å². The lowest BCUT2D eigenvalue weighted by Gasteiger charge is -2.16. The summed E-state index contributed by atoms with van der Waals surface area (Å²) in [5.41, 5.74) is 1.74. The Morgan fingerprint density at radius 1 is 1.16 bits per heavy atom. The molecule has 5 nitrogen and oxygen atoms in total. The number of rotatable bonds is 5. The molecule has 2 aromatic carbocycles. The van der Waals surface area contributed by atoms with Gasteiger partial charge in [0.2, 0.25) is 0 Å². The number of nitrogens with zero attached hydrogens (tertiary/aromatic N) is 4. The van der Waals surface area contributed by atoms with Crippen LogP contribution in [0.15, 0.2) is 72.4 Å². The lowest BCUT2D eigenvalue weighted by molar-refractivity contribution is 0.305. The monoisotopic (exact) mass is 338 g/mol. The van der Waals surface area contributed by atoms with Crippen LogP contribution in [0, 0.1) is 5.82 Å². The van der Waals surface area contributed by atoms with Gasteiger partial charge in [-0.15, -0.1) is 0 Å². The third-order valence-electron chi connectivity index (χ3n) is 3.48. The van der Waals surface area contributed by atoms with Gasteiger partial charge in [0.25, 0.3) is 0 Å². The highest BCUT2D eigenvalue weighted by Gasteiger charge is 2.13. The van der Waals surface area contributed by atoms with Crippen LogP contribution in [0.2, 0.25) is 0 Å². The fourth-order valence-electron chi connectivity index (χ4n) is 2.34. The van der Waals surface area contributed by atoms with E-state index < -0.39 is 0 Å². The van der Waals surface area contributed by atoms with Crippen molar-refractivity contribution < 1.29 is 9.13 Å². The molecule has 0 unspecified atom stereocenters. The quantitative estimate of drug-likeness (QED) is 0.407. The smallest absolute Gasteiger partial charge is 0.168 e. The van der Waals surface area contributed by atoms with Gasteiger partial charge in [0.15, 0.2) is 5.84 Å².